The molecule has 1 aliphatic rings. The van der Waals surface area contributed by atoms with Gasteiger partial charge in [-0.25, -0.2) is 4.98 Å². The van der Waals surface area contributed by atoms with Gasteiger partial charge in [0.15, 0.2) is 16.1 Å². The van der Waals surface area contributed by atoms with E-state index in [9.17, 15) is 4.79 Å². The second-order valence-corrected chi connectivity index (χ2v) is 11.7. The molecule has 2 aromatic heterocycles. The minimum absolute atomic E-state index is 0.0904. The van der Waals surface area contributed by atoms with Gasteiger partial charge < -0.3 is 5.32 Å². The highest BCUT2D eigenvalue weighted by Gasteiger charge is 2.27. The molecule has 1 saturated carbocycles. The highest BCUT2D eigenvalue weighted by Crippen LogP contribution is 2.37. The summed E-state index contributed by atoms with van der Waals surface area (Å²) in [5, 5.41) is 15.1. The molecule has 1 N–H and O–H groups in total. The molecule has 9 heteroatoms. The summed E-state index contributed by atoms with van der Waals surface area (Å²) in [5.74, 6) is 0.777. The van der Waals surface area contributed by atoms with Crippen molar-refractivity contribution >= 4 is 50.1 Å². The molecule has 2 heterocycles. The lowest BCUT2D eigenvalue weighted by atomic mass is 9.95. The van der Waals surface area contributed by atoms with Crippen LogP contribution in [-0.4, -0.2) is 30.9 Å². The number of benzene rings is 2. The normalized spacial score (nSPS) is 15.1. The monoisotopic (exact) mass is 567 g/mol. The zero-order valence-electron chi connectivity index (χ0n) is 19.4. The van der Waals surface area contributed by atoms with E-state index in [1.807, 2.05) is 54.8 Å². The van der Waals surface area contributed by atoms with Crippen molar-refractivity contribution < 1.29 is 4.79 Å². The molecule has 35 heavy (non-hydrogen) atoms. The van der Waals surface area contributed by atoms with E-state index >= 15 is 0 Å². The Labute approximate surface area is 221 Å². The van der Waals surface area contributed by atoms with Gasteiger partial charge in [-0.2, -0.15) is 0 Å². The molecule has 180 valence electrons. The Kier molecular flexibility index (Phi) is 7.65. The second kappa shape index (κ2) is 11.1. The largest absolute Gasteiger partial charge is 0.301 e. The van der Waals surface area contributed by atoms with Gasteiger partial charge in [0, 0.05) is 27.0 Å². The summed E-state index contributed by atoms with van der Waals surface area (Å²) in [4.78, 5) is 17.6. The fourth-order valence-electron chi connectivity index (χ4n) is 4.31. The maximum atomic E-state index is 13.0. The molecule has 4 aromatic rings. The summed E-state index contributed by atoms with van der Waals surface area (Å²) in [6.07, 6.45) is 5.90. The van der Waals surface area contributed by atoms with Crippen LogP contribution in [0.4, 0.5) is 5.13 Å². The van der Waals surface area contributed by atoms with Crippen molar-refractivity contribution in [3.05, 3.63) is 64.5 Å². The van der Waals surface area contributed by atoms with E-state index in [-0.39, 0.29) is 11.2 Å². The van der Waals surface area contributed by atoms with Gasteiger partial charge in [0.2, 0.25) is 5.91 Å². The number of aromatic nitrogens is 4. The first-order valence-corrected chi connectivity index (χ1v) is 14.3. The Morgan fingerprint density at radius 1 is 1.06 bits per heavy atom. The van der Waals surface area contributed by atoms with Crippen molar-refractivity contribution in [3.63, 3.8) is 0 Å². The molecule has 0 spiro atoms. The Balaban J connectivity index is 1.34. The van der Waals surface area contributed by atoms with E-state index in [0.29, 0.717) is 11.2 Å². The molecule has 5 rings (SSSR count). The maximum absolute atomic E-state index is 13.0. The quantitative estimate of drug-likeness (QED) is 0.235. The van der Waals surface area contributed by atoms with Crippen LogP contribution >= 0.6 is 39.0 Å². The van der Waals surface area contributed by atoms with Gasteiger partial charge in [0.05, 0.1) is 10.9 Å². The fraction of sp³-hybridized carbons (Fsp3) is 0.308. The lowest BCUT2D eigenvalue weighted by molar-refractivity contribution is -0.115. The van der Waals surface area contributed by atoms with Crippen molar-refractivity contribution in [2.45, 2.75) is 55.5 Å². The first-order valence-electron chi connectivity index (χ1n) is 11.8. The lowest BCUT2D eigenvalue weighted by Gasteiger charge is -2.26. The van der Waals surface area contributed by atoms with Crippen LogP contribution in [0.2, 0.25) is 0 Å². The number of carbonyl (C=O) groups is 1. The Hall–Kier alpha value is -2.49. The average molecular weight is 569 g/mol. The summed E-state index contributed by atoms with van der Waals surface area (Å²) in [5.41, 5.74) is 2.93. The Bertz CT molecular complexity index is 1280. The van der Waals surface area contributed by atoms with Gasteiger partial charge in [0.25, 0.3) is 0 Å². The van der Waals surface area contributed by atoms with Gasteiger partial charge in [-0.15, -0.1) is 21.5 Å². The minimum Gasteiger partial charge on any atom is -0.301 e. The van der Waals surface area contributed by atoms with E-state index in [2.05, 4.69) is 53.1 Å². The topological polar surface area (TPSA) is 72.7 Å². The van der Waals surface area contributed by atoms with Crippen molar-refractivity contribution in [2.75, 3.05) is 5.32 Å². The highest BCUT2D eigenvalue weighted by molar-refractivity contribution is 9.10. The summed E-state index contributed by atoms with van der Waals surface area (Å²) in [6, 6.07) is 18.5. The number of rotatable bonds is 7. The number of halogens is 1. The Morgan fingerprint density at radius 2 is 1.80 bits per heavy atom. The third-order valence-corrected chi connectivity index (χ3v) is 8.51. The van der Waals surface area contributed by atoms with Crippen molar-refractivity contribution in [1.29, 1.82) is 0 Å². The number of hydrogen-bond acceptors (Lipinski definition) is 6. The number of hydrogen-bond donors (Lipinski definition) is 1. The highest BCUT2D eigenvalue weighted by atomic mass is 79.9. The fourth-order valence-corrected chi connectivity index (χ4v) is 6.22. The van der Waals surface area contributed by atoms with Crippen molar-refractivity contribution in [3.8, 4) is 22.6 Å². The molecule has 0 saturated heterocycles. The second-order valence-electron chi connectivity index (χ2n) is 8.63. The molecule has 2 aromatic carbocycles. The molecule has 1 aliphatic carbocycles. The van der Waals surface area contributed by atoms with E-state index in [1.165, 1.54) is 42.4 Å². The zero-order valence-corrected chi connectivity index (χ0v) is 22.6. The van der Waals surface area contributed by atoms with Crippen LogP contribution in [0.15, 0.2) is 69.6 Å². The summed E-state index contributed by atoms with van der Waals surface area (Å²) < 4.78 is 3.29. The number of thioether (sulfide) groups is 1. The molecular weight excluding hydrogens is 542 g/mol. The van der Waals surface area contributed by atoms with E-state index in [0.717, 1.165) is 45.1 Å². The van der Waals surface area contributed by atoms with E-state index < -0.39 is 0 Å². The van der Waals surface area contributed by atoms with Crippen LogP contribution in [0.3, 0.4) is 0 Å². The number of nitrogens with zero attached hydrogens (tertiary/aromatic N) is 4. The zero-order chi connectivity index (χ0) is 24.2. The maximum Gasteiger partial charge on any atom is 0.239 e. The molecule has 0 bridgehead atoms. The molecule has 1 amide bonds. The van der Waals surface area contributed by atoms with Crippen LogP contribution in [0.1, 0.15) is 45.1 Å². The predicted octanol–water partition coefficient (Wildman–Crippen LogP) is 7.46. The van der Waals surface area contributed by atoms with Crippen molar-refractivity contribution in [2.24, 2.45) is 0 Å². The minimum atomic E-state index is -0.344. The third kappa shape index (κ3) is 5.68. The molecule has 6 nitrogen and oxygen atoms in total. The summed E-state index contributed by atoms with van der Waals surface area (Å²) in [6.45, 7) is 1.91. The average Bonchev–Trinajstić information content (AvgIpc) is 3.53. The SMILES string of the molecule is CC(Sc1nnc(-c2ccc(Br)cc2)n1C1CCCCC1)C(=O)Nc1nc(-c2ccccc2)cs1. The van der Waals surface area contributed by atoms with E-state index in [4.69, 9.17) is 0 Å². The van der Waals surface area contributed by atoms with E-state index in [1.54, 1.807) is 0 Å². The summed E-state index contributed by atoms with van der Waals surface area (Å²) >= 11 is 6.41. The predicted molar refractivity (Wildman–Crippen MR) is 147 cm³/mol. The molecule has 0 radical (unpaired) electrons. The molecule has 0 aliphatic heterocycles. The van der Waals surface area contributed by atoms with Gasteiger partial charge in [-0.05, 0) is 31.9 Å². The number of anilines is 1. The van der Waals surface area contributed by atoms with Crippen LogP contribution in [0.5, 0.6) is 0 Å². The van der Waals surface area contributed by atoms with Gasteiger partial charge >= 0.3 is 0 Å². The number of thiazole rings is 1. The molecule has 1 unspecified atom stereocenters. The number of nitrogens with one attached hydrogen (secondary N) is 1. The van der Waals surface area contributed by atoms with Crippen LogP contribution in [0, 0.1) is 0 Å². The van der Waals surface area contributed by atoms with Gasteiger partial charge in [0.1, 0.15) is 0 Å². The van der Waals surface area contributed by atoms with Gasteiger partial charge in [-0.1, -0.05) is 89.4 Å². The summed E-state index contributed by atoms with van der Waals surface area (Å²) in [7, 11) is 0. The smallest absolute Gasteiger partial charge is 0.239 e. The third-order valence-electron chi connectivity index (χ3n) is 6.16. The first kappa shape index (κ1) is 24.2. The lowest BCUT2D eigenvalue weighted by Crippen LogP contribution is -2.23. The number of amides is 1. The van der Waals surface area contributed by atoms with Crippen LogP contribution in [0.25, 0.3) is 22.6 Å². The molecule has 1 fully saturated rings. The first-order chi connectivity index (χ1) is 17.1. The van der Waals surface area contributed by atoms with Crippen LogP contribution in [-0.2, 0) is 4.79 Å². The van der Waals surface area contributed by atoms with Gasteiger partial charge in [-0.3, -0.25) is 9.36 Å². The van der Waals surface area contributed by atoms with Crippen LogP contribution < -0.4 is 5.32 Å². The molecular formula is C26H26BrN5OS2. The standard InChI is InChI=1S/C26H26BrN5OS2/c1-17(24(33)29-25-28-22(16-34-25)18-8-4-2-5-9-18)35-26-31-30-23(19-12-14-20(27)15-13-19)32(26)21-10-6-3-7-11-21/h2,4-5,8-9,12-17,21H,3,6-7,10-11H2,1H3,(H,28,29,33). The number of carbonyl (C=O) groups excluding carboxylic acids is 1. The molecule has 1 atom stereocenters. The Morgan fingerprint density at radius 3 is 2.54 bits per heavy atom. The van der Waals surface area contributed by atoms with Crippen molar-refractivity contribution in [1.82, 2.24) is 19.7 Å².